The molecule has 0 saturated heterocycles. The van der Waals surface area contributed by atoms with Crippen molar-refractivity contribution in [3.63, 3.8) is 0 Å². The van der Waals surface area contributed by atoms with Gasteiger partial charge in [0.25, 0.3) is 5.91 Å². The highest BCUT2D eigenvalue weighted by Gasteiger charge is 2.28. The molecule has 0 fully saturated rings. The zero-order valence-electron chi connectivity index (χ0n) is 16.0. The largest absolute Gasteiger partial charge is 0.449 e. The van der Waals surface area contributed by atoms with Crippen LogP contribution in [0.3, 0.4) is 0 Å². The Hall–Kier alpha value is -2.63. The van der Waals surface area contributed by atoms with Crippen LogP contribution in [0, 0.1) is 6.92 Å². The molecule has 1 aromatic carbocycles. The molecule has 0 radical (unpaired) electrons. The Kier molecular flexibility index (Phi) is 5.85. The third-order valence-corrected chi connectivity index (χ3v) is 4.08. The summed E-state index contributed by atoms with van der Waals surface area (Å²) in [6.45, 7) is 11.0. The first-order valence-corrected chi connectivity index (χ1v) is 8.69. The molecule has 0 unspecified atom stereocenters. The van der Waals surface area contributed by atoms with Crippen LogP contribution in [-0.2, 0) is 9.53 Å². The van der Waals surface area contributed by atoms with Crippen molar-refractivity contribution >= 4 is 22.8 Å². The maximum atomic E-state index is 12.6. The number of nitrogens with zero attached hydrogens (tertiary/aromatic N) is 1. The minimum atomic E-state index is -0.980. The SMILES string of the molecule is Cc1ccc2oc(C(=O)O[C@H](C)C(=O)N(C(C)C)C(C)C)cc(=O)c2c1. The molecule has 6 nitrogen and oxygen atoms in total. The number of aryl methyl sites for hydroxylation is 1. The summed E-state index contributed by atoms with van der Waals surface area (Å²) >= 11 is 0. The average Bonchev–Trinajstić information content (AvgIpc) is 2.54. The Morgan fingerprint density at radius 1 is 1.04 bits per heavy atom. The lowest BCUT2D eigenvalue weighted by atomic mass is 10.1. The van der Waals surface area contributed by atoms with Crippen molar-refractivity contribution in [1.29, 1.82) is 0 Å². The van der Waals surface area contributed by atoms with Gasteiger partial charge in [0.1, 0.15) is 5.58 Å². The number of carbonyl (C=O) groups is 2. The molecule has 0 bridgehead atoms. The number of rotatable bonds is 5. The number of carbonyl (C=O) groups excluding carboxylic acids is 2. The van der Waals surface area contributed by atoms with Crippen molar-refractivity contribution in [3.8, 4) is 0 Å². The second kappa shape index (κ2) is 7.72. The Balaban J connectivity index is 2.24. The molecule has 0 saturated carbocycles. The van der Waals surface area contributed by atoms with Crippen molar-refractivity contribution in [2.75, 3.05) is 0 Å². The maximum absolute atomic E-state index is 12.6. The molecular formula is C20H25NO5. The predicted molar refractivity (Wildman–Crippen MR) is 99.2 cm³/mol. The van der Waals surface area contributed by atoms with Gasteiger partial charge in [0, 0.05) is 18.2 Å². The molecule has 6 heteroatoms. The molecule has 0 aliphatic carbocycles. The highest BCUT2D eigenvalue weighted by molar-refractivity contribution is 5.91. The second-order valence-electron chi connectivity index (χ2n) is 6.96. The van der Waals surface area contributed by atoms with Crippen molar-refractivity contribution in [1.82, 2.24) is 4.90 Å². The number of ether oxygens (including phenoxy) is 1. The Morgan fingerprint density at radius 3 is 2.23 bits per heavy atom. The van der Waals surface area contributed by atoms with Crippen molar-refractivity contribution in [2.45, 2.75) is 59.7 Å². The predicted octanol–water partition coefficient (Wildman–Crippen LogP) is 3.29. The van der Waals surface area contributed by atoms with E-state index in [4.69, 9.17) is 9.15 Å². The zero-order valence-corrected chi connectivity index (χ0v) is 16.0. The van der Waals surface area contributed by atoms with E-state index in [2.05, 4.69) is 0 Å². The molecule has 140 valence electrons. The lowest BCUT2D eigenvalue weighted by Gasteiger charge is -2.32. The summed E-state index contributed by atoms with van der Waals surface area (Å²) in [4.78, 5) is 38.8. The van der Waals surface area contributed by atoms with Crippen LogP contribution in [0.5, 0.6) is 0 Å². The fourth-order valence-electron chi connectivity index (χ4n) is 2.95. The van der Waals surface area contributed by atoms with Crippen LogP contribution in [0.15, 0.2) is 33.5 Å². The van der Waals surface area contributed by atoms with Crippen molar-refractivity contribution < 1.29 is 18.7 Å². The fourth-order valence-corrected chi connectivity index (χ4v) is 2.95. The van der Waals surface area contributed by atoms with E-state index in [0.29, 0.717) is 11.0 Å². The van der Waals surface area contributed by atoms with E-state index in [-0.39, 0.29) is 29.2 Å². The molecule has 1 aromatic heterocycles. The van der Waals surface area contributed by atoms with Gasteiger partial charge in [0.15, 0.2) is 11.5 Å². The van der Waals surface area contributed by atoms with Gasteiger partial charge in [-0.1, -0.05) is 11.6 Å². The van der Waals surface area contributed by atoms with Crippen LogP contribution >= 0.6 is 0 Å². The van der Waals surface area contributed by atoms with Gasteiger partial charge in [-0.25, -0.2) is 4.79 Å². The zero-order chi connectivity index (χ0) is 19.6. The smallest absolute Gasteiger partial charge is 0.375 e. The lowest BCUT2D eigenvalue weighted by molar-refractivity contribution is -0.143. The maximum Gasteiger partial charge on any atom is 0.375 e. The third-order valence-electron chi connectivity index (χ3n) is 4.08. The Labute approximate surface area is 152 Å². The molecule has 2 aromatic rings. The van der Waals surface area contributed by atoms with Crippen LogP contribution in [0.2, 0.25) is 0 Å². The van der Waals surface area contributed by atoms with Crippen LogP contribution in [0.1, 0.15) is 50.7 Å². The first kappa shape index (κ1) is 19.7. The molecule has 1 atom stereocenters. The van der Waals surface area contributed by atoms with E-state index < -0.39 is 12.1 Å². The van der Waals surface area contributed by atoms with E-state index in [1.165, 1.54) is 6.92 Å². The van der Waals surface area contributed by atoms with E-state index in [9.17, 15) is 14.4 Å². The summed E-state index contributed by atoms with van der Waals surface area (Å²) in [7, 11) is 0. The molecule has 0 spiro atoms. The van der Waals surface area contributed by atoms with Crippen LogP contribution in [0.25, 0.3) is 11.0 Å². The summed E-state index contributed by atoms with van der Waals surface area (Å²) < 4.78 is 10.7. The summed E-state index contributed by atoms with van der Waals surface area (Å²) in [5.74, 6) is -1.34. The summed E-state index contributed by atoms with van der Waals surface area (Å²) in [5.41, 5.74) is 0.897. The van der Waals surface area contributed by atoms with Gasteiger partial charge in [0.05, 0.1) is 5.39 Å². The molecule has 26 heavy (non-hydrogen) atoms. The number of benzene rings is 1. The highest BCUT2D eigenvalue weighted by atomic mass is 16.6. The molecule has 1 heterocycles. The van der Waals surface area contributed by atoms with E-state index in [1.807, 2.05) is 34.6 Å². The lowest BCUT2D eigenvalue weighted by Crippen LogP contribution is -2.47. The quantitative estimate of drug-likeness (QED) is 0.766. The average molecular weight is 359 g/mol. The number of esters is 1. The third kappa shape index (κ3) is 4.12. The summed E-state index contributed by atoms with van der Waals surface area (Å²) in [6.07, 6.45) is -0.980. The molecule has 0 aliphatic heterocycles. The minimum Gasteiger partial charge on any atom is -0.449 e. The first-order chi connectivity index (χ1) is 12.1. The van der Waals surface area contributed by atoms with E-state index >= 15 is 0 Å². The standard InChI is InChI=1S/C20H25NO5/c1-11(2)21(12(3)4)19(23)14(6)25-20(24)18-10-16(22)15-9-13(5)7-8-17(15)26-18/h7-12,14H,1-6H3/t14-/m1/s1. The van der Waals surface area contributed by atoms with Gasteiger partial charge in [-0.05, 0) is 53.7 Å². The summed E-state index contributed by atoms with van der Waals surface area (Å²) in [5, 5.41) is 0.400. The number of amides is 1. The Morgan fingerprint density at radius 2 is 1.65 bits per heavy atom. The van der Waals surface area contributed by atoms with Gasteiger partial charge in [0.2, 0.25) is 5.76 Å². The van der Waals surface area contributed by atoms with E-state index in [1.54, 1.807) is 23.1 Å². The molecule has 0 N–H and O–H groups in total. The number of fused-ring (bicyclic) bond motifs is 1. The number of hydrogen-bond acceptors (Lipinski definition) is 5. The molecule has 1 amide bonds. The molecule has 0 aliphatic rings. The van der Waals surface area contributed by atoms with Gasteiger partial charge in [-0.2, -0.15) is 0 Å². The van der Waals surface area contributed by atoms with E-state index in [0.717, 1.165) is 11.6 Å². The summed E-state index contributed by atoms with van der Waals surface area (Å²) in [6, 6.07) is 6.18. The normalized spacial score (nSPS) is 12.5. The minimum absolute atomic E-state index is 0.0227. The topological polar surface area (TPSA) is 76.8 Å². The first-order valence-electron chi connectivity index (χ1n) is 8.69. The van der Waals surface area contributed by atoms with Crippen molar-refractivity contribution in [3.05, 3.63) is 45.8 Å². The second-order valence-corrected chi connectivity index (χ2v) is 6.96. The number of hydrogen-bond donors (Lipinski definition) is 0. The Bertz CT molecular complexity index is 873. The van der Waals surface area contributed by atoms with Gasteiger partial charge in [-0.15, -0.1) is 0 Å². The van der Waals surface area contributed by atoms with Crippen LogP contribution in [-0.4, -0.2) is 35.0 Å². The van der Waals surface area contributed by atoms with Gasteiger partial charge in [-0.3, -0.25) is 9.59 Å². The molecule has 2 rings (SSSR count). The molecular weight excluding hydrogens is 334 g/mol. The van der Waals surface area contributed by atoms with Gasteiger partial charge >= 0.3 is 5.97 Å². The highest BCUT2D eigenvalue weighted by Crippen LogP contribution is 2.16. The van der Waals surface area contributed by atoms with Crippen molar-refractivity contribution in [2.24, 2.45) is 0 Å². The monoisotopic (exact) mass is 359 g/mol. The van der Waals surface area contributed by atoms with Crippen LogP contribution in [0.4, 0.5) is 0 Å². The van der Waals surface area contributed by atoms with Crippen LogP contribution < -0.4 is 5.43 Å². The fraction of sp³-hybridized carbons (Fsp3) is 0.450. The van der Waals surface area contributed by atoms with Gasteiger partial charge < -0.3 is 14.1 Å².